The van der Waals surface area contributed by atoms with E-state index in [4.69, 9.17) is 14.5 Å². The van der Waals surface area contributed by atoms with Crippen LogP contribution in [0.2, 0.25) is 0 Å². The van der Waals surface area contributed by atoms with Gasteiger partial charge in [-0.25, -0.2) is 19.0 Å². The summed E-state index contributed by atoms with van der Waals surface area (Å²) in [5, 5.41) is 2.37. The van der Waals surface area contributed by atoms with Gasteiger partial charge in [-0.15, -0.1) is 11.8 Å². The second-order valence-corrected chi connectivity index (χ2v) is 12.9. The number of carbonyl (C=O) groups is 2. The van der Waals surface area contributed by atoms with Crippen molar-refractivity contribution in [3.8, 4) is 0 Å². The number of amides is 2. The number of ether oxygens (including phenoxy) is 2. The molecule has 1 aromatic carbocycles. The Hall–Kier alpha value is -2.53. The molecule has 0 radical (unpaired) electrons. The van der Waals surface area contributed by atoms with Crippen molar-refractivity contribution in [2.24, 2.45) is 5.92 Å². The quantitative estimate of drug-likeness (QED) is 0.327. The molecule has 3 saturated heterocycles. The maximum Gasteiger partial charge on any atom is 0.410 e. The molecule has 5 heterocycles. The van der Waals surface area contributed by atoms with Gasteiger partial charge in [0.1, 0.15) is 22.8 Å². The maximum absolute atomic E-state index is 15.5. The molecule has 11 heteroatoms. The van der Waals surface area contributed by atoms with E-state index in [0.717, 1.165) is 39.0 Å². The van der Waals surface area contributed by atoms with Crippen LogP contribution in [0.15, 0.2) is 21.6 Å². The number of rotatable bonds is 4. The molecule has 4 fully saturated rings. The largest absolute Gasteiger partial charge is 0.448 e. The number of halogens is 2. The molecule has 2 aromatic heterocycles. The number of aromatic nitrogens is 2. The Kier molecular flexibility index (Phi) is 6.10. The summed E-state index contributed by atoms with van der Waals surface area (Å²) in [4.78, 5) is 33.7. The van der Waals surface area contributed by atoms with Crippen LogP contribution >= 0.6 is 27.7 Å². The van der Waals surface area contributed by atoms with E-state index in [1.807, 2.05) is 44.9 Å². The van der Waals surface area contributed by atoms with Crippen molar-refractivity contribution >= 4 is 61.7 Å². The minimum Gasteiger partial charge on any atom is -0.448 e. The zero-order chi connectivity index (χ0) is 27.1. The van der Waals surface area contributed by atoms with Crippen molar-refractivity contribution in [3.63, 3.8) is 0 Å². The van der Waals surface area contributed by atoms with Crippen LogP contribution in [0.5, 0.6) is 0 Å². The Morgan fingerprint density at radius 2 is 2.08 bits per heavy atom. The zero-order valence-electron chi connectivity index (χ0n) is 22.0. The van der Waals surface area contributed by atoms with E-state index in [-0.39, 0.29) is 36.0 Å². The molecule has 0 unspecified atom stereocenters. The van der Waals surface area contributed by atoms with Gasteiger partial charge in [0.05, 0.1) is 35.2 Å². The third-order valence-electron chi connectivity index (χ3n) is 7.75. The highest BCUT2D eigenvalue weighted by Gasteiger charge is 2.56. The fourth-order valence-corrected chi connectivity index (χ4v) is 6.96. The minimum atomic E-state index is -0.585. The first-order chi connectivity index (χ1) is 18.0. The molecule has 2 amide bonds. The lowest BCUT2D eigenvalue weighted by Crippen LogP contribution is -2.44. The minimum absolute atomic E-state index is 0.0130. The van der Waals surface area contributed by atoms with Crippen LogP contribution in [0.4, 0.5) is 14.0 Å². The predicted molar refractivity (Wildman–Crippen MR) is 147 cm³/mol. The van der Waals surface area contributed by atoms with E-state index in [1.54, 1.807) is 4.90 Å². The summed E-state index contributed by atoms with van der Waals surface area (Å²) < 4.78 is 29.1. The maximum atomic E-state index is 15.5. The summed E-state index contributed by atoms with van der Waals surface area (Å²) in [6.45, 7) is 9.31. The SMILES string of the molecule is CSc1nc2c(F)c(Br)c(C)cc2c2c1cc(CN1CCOC1=O)n2[C@H]1[C@@H]2C[C@H]1N(C(=O)OC(C)(C)C)C2. The number of aryl methyl sites for hydroxylation is 1. The van der Waals surface area contributed by atoms with Crippen molar-refractivity contribution in [3.05, 3.63) is 33.7 Å². The average molecular weight is 606 g/mol. The number of benzene rings is 1. The first-order valence-corrected chi connectivity index (χ1v) is 14.8. The number of hydrogen-bond acceptors (Lipinski definition) is 6. The number of pyridine rings is 1. The molecule has 0 N–H and O–H groups in total. The van der Waals surface area contributed by atoms with E-state index >= 15 is 4.39 Å². The van der Waals surface area contributed by atoms with Gasteiger partial charge in [-0.3, -0.25) is 4.90 Å². The average Bonchev–Trinajstić information content (AvgIpc) is 3.61. The monoisotopic (exact) mass is 604 g/mol. The van der Waals surface area contributed by atoms with E-state index in [2.05, 4.69) is 26.6 Å². The number of cyclic esters (lactones) is 1. The summed E-state index contributed by atoms with van der Waals surface area (Å²) in [6, 6.07) is 3.99. The summed E-state index contributed by atoms with van der Waals surface area (Å²) in [5.74, 6) is -0.156. The van der Waals surface area contributed by atoms with Crippen molar-refractivity contribution in [2.75, 3.05) is 26.0 Å². The second kappa shape index (κ2) is 9.01. The highest BCUT2D eigenvalue weighted by atomic mass is 79.9. The number of fused-ring (bicyclic) bond motifs is 4. The van der Waals surface area contributed by atoms with Crippen LogP contribution in [-0.4, -0.2) is 69.1 Å². The second-order valence-electron chi connectivity index (χ2n) is 11.3. The lowest BCUT2D eigenvalue weighted by molar-refractivity contribution is 0.0209. The Balaban J connectivity index is 1.55. The highest BCUT2D eigenvalue weighted by Crippen LogP contribution is 2.53. The highest BCUT2D eigenvalue weighted by molar-refractivity contribution is 9.10. The third kappa shape index (κ3) is 3.95. The van der Waals surface area contributed by atoms with Gasteiger partial charge in [0.15, 0.2) is 5.82 Å². The molecule has 8 nitrogen and oxygen atoms in total. The van der Waals surface area contributed by atoms with Crippen LogP contribution in [-0.2, 0) is 16.0 Å². The van der Waals surface area contributed by atoms with Crippen molar-refractivity contribution < 1.29 is 23.5 Å². The Morgan fingerprint density at radius 3 is 2.74 bits per heavy atom. The lowest BCUT2D eigenvalue weighted by Gasteiger charge is -2.39. The van der Waals surface area contributed by atoms with E-state index in [1.165, 1.54) is 11.8 Å². The van der Waals surface area contributed by atoms with Crippen molar-refractivity contribution in [2.45, 2.75) is 63.4 Å². The summed E-state index contributed by atoms with van der Waals surface area (Å²) in [6.07, 6.45) is 2.16. The molecule has 202 valence electrons. The van der Waals surface area contributed by atoms with E-state index in [0.29, 0.717) is 36.2 Å². The molecule has 7 rings (SSSR count). The molecule has 1 saturated carbocycles. The molecule has 3 atom stereocenters. The molecular formula is C27H30BrFN4O4S. The van der Waals surface area contributed by atoms with E-state index in [9.17, 15) is 9.59 Å². The summed E-state index contributed by atoms with van der Waals surface area (Å²) in [7, 11) is 0. The number of hydrogen-bond donors (Lipinski definition) is 0. The molecule has 3 aliphatic heterocycles. The molecule has 3 aromatic rings. The number of nitrogens with zero attached hydrogens (tertiary/aromatic N) is 4. The van der Waals surface area contributed by atoms with Crippen LogP contribution in [0.3, 0.4) is 0 Å². The normalized spacial score (nSPS) is 22.9. The fraction of sp³-hybridized carbons (Fsp3) is 0.519. The molecule has 1 aliphatic carbocycles. The number of carbonyl (C=O) groups excluding carboxylic acids is 2. The lowest BCUT2D eigenvalue weighted by atomic mass is 9.79. The van der Waals surface area contributed by atoms with Gasteiger partial charge in [-0.05, 0) is 74.0 Å². The third-order valence-corrected chi connectivity index (χ3v) is 9.42. The van der Waals surface area contributed by atoms with E-state index < -0.39 is 5.60 Å². The first kappa shape index (κ1) is 25.7. The molecule has 38 heavy (non-hydrogen) atoms. The van der Waals surface area contributed by atoms with Gasteiger partial charge in [0.25, 0.3) is 0 Å². The van der Waals surface area contributed by atoms with Gasteiger partial charge in [-0.2, -0.15) is 0 Å². The summed E-state index contributed by atoms with van der Waals surface area (Å²) >= 11 is 4.85. The zero-order valence-corrected chi connectivity index (χ0v) is 24.4. The van der Waals surface area contributed by atoms with Crippen LogP contribution in [0.1, 0.15) is 44.5 Å². The standard InChI is InChI=1S/C27H30BrFN4O4S/c1-13-8-16-21(20(29)19(13)28)30-24(38-5)17-10-15(12-31-6-7-36-25(31)34)33(23(16)17)22-14-9-18(22)32(11-14)26(35)37-27(2,3)4/h8,10,14,18,22H,6-7,9,11-12H2,1-5H3/t14-,18-,22+/m1/s1. The van der Waals surface area contributed by atoms with Gasteiger partial charge in [0.2, 0.25) is 0 Å². The van der Waals surface area contributed by atoms with Crippen molar-refractivity contribution in [1.82, 2.24) is 19.4 Å². The first-order valence-electron chi connectivity index (χ1n) is 12.8. The fourth-order valence-electron chi connectivity index (χ4n) is 6.10. The predicted octanol–water partition coefficient (Wildman–Crippen LogP) is 6.25. The van der Waals surface area contributed by atoms with Crippen molar-refractivity contribution in [1.29, 1.82) is 0 Å². The Morgan fingerprint density at radius 1 is 1.32 bits per heavy atom. The topological polar surface area (TPSA) is 76.9 Å². The Bertz CT molecular complexity index is 1500. The molecule has 2 bridgehead atoms. The van der Waals surface area contributed by atoms with Crippen LogP contribution in [0.25, 0.3) is 21.8 Å². The molecule has 4 aliphatic rings. The van der Waals surface area contributed by atoms with Gasteiger partial charge in [0, 0.05) is 28.9 Å². The Labute approximate surface area is 232 Å². The molecule has 0 spiro atoms. The summed E-state index contributed by atoms with van der Waals surface area (Å²) in [5.41, 5.74) is 2.32. The number of thioether (sulfide) groups is 1. The van der Waals surface area contributed by atoms with Gasteiger partial charge < -0.3 is 18.9 Å². The van der Waals surface area contributed by atoms with Gasteiger partial charge in [-0.1, -0.05) is 0 Å². The van der Waals surface area contributed by atoms with Gasteiger partial charge >= 0.3 is 12.2 Å². The smallest absolute Gasteiger partial charge is 0.410 e. The van der Waals surface area contributed by atoms with Crippen LogP contribution in [0, 0.1) is 18.7 Å². The molecular weight excluding hydrogens is 575 g/mol. The van der Waals surface area contributed by atoms with Crippen LogP contribution < -0.4 is 0 Å².